The van der Waals surface area contributed by atoms with Crippen molar-refractivity contribution in [3.8, 4) is 11.5 Å². The van der Waals surface area contributed by atoms with Crippen LogP contribution in [0.2, 0.25) is 0 Å². The molecule has 1 atom stereocenters. The van der Waals surface area contributed by atoms with Crippen molar-refractivity contribution in [1.82, 2.24) is 4.90 Å². The summed E-state index contributed by atoms with van der Waals surface area (Å²) >= 11 is 0. The maximum absolute atomic E-state index is 5.99. The summed E-state index contributed by atoms with van der Waals surface area (Å²) < 4.78 is 10.5. The smallest absolute Gasteiger partial charge is 0.193 e. The lowest BCUT2D eigenvalue weighted by Crippen LogP contribution is -2.36. The van der Waals surface area contributed by atoms with Gasteiger partial charge in [-0.25, -0.2) is 0 Å². The van der Waals surface area contributed by atoms with Crippen LogP contribution in [0.1, 0.15) is 19.8 Å². The fourth-order valence-electron chi connectivity index (χ4n) is 2.89. The van der Waals surface area contributed by atoms with Crippen molar-refractivity contribution in [1.29, 1.82) is 0 Å². The van der Waals surface area contributed by atoms with Gasteiger partial charge < -0.3 is 25.4 Å². The largest absolute Gasteiger partial charge is 0.497 e. The summed E-state index contributed by atoms with van der Waals surface area (Å²) in [4.78, 5) is 6.87. The number of rotatable bonds is 6. The minimum atomic E-state index is 0.390. The number of aliphatic imine (C=N–C) groups is 1. The first-order chi connectivity index (χ1) is 11.1. The number of likely N-dealkylation sites (tertiary alicyclic amines) is 1. The predicted octanol–water partition coefficient (Wildman–Crippen LogP) is 2.16. The molecule has 1 aliphatic rings. The Kier molecular flexibility index (Phi) is 6.52. The Balaban J connectivity index is 1.89. The lowest BCUT2D eigenvalue weighted by atomic mass is 10.0. The van der Waals surface area contributed by atoms with E-state index in [0.29, 0.717) is 18.3 Å². The highest BCUT2D eigenvalue weighted by molar-refractivity contribution is 5.94. The van der Waals surface area contributed by atoms with Gasteiger partial charge in [0.2, 0.25) is 0 Å². The van der Waals surface area contributed by atoms with E-state index in [1.165, 1.54) is 12.8 Å². The van der Waals surface area contributed by atoms with Gasteiger partial charge in [0, 0.05) is 19.2 Å². The second kappa shape index (κ2) is 8.62. The Morgan fingerprint density at radius 1 is 1.39 bits per heavy atom. The van der Waals surface area contributed by atoms with Crippen LogP contribution in [0, 0.1) is 5.92 Å². The van der Waals surface area contributed by atoms with E-state index in [1.807, 2.05) is 18.2 Å². The van der Waals surface area contributed by atoms with Crippen LogP contribution >= 0.6 is 0 Å². The van der Waals surface area contributed by atoms with Crippen LogP contribution in [-0.2, 0) is 0 Å². The third kappa shape index (κ3) is 5.32. The molecule has 0 spiro atoms. The van der Waals surface area contributed by atoms with E-state index in [-0.39, 0.29) is 0 Å². The third-order valence-electron chi connectivity index (χ3n) is 4.11. The number of hydrogen-bond acceptors (Lipinski definition) is 4. The molecule has 1 aromatic carbocycles. The minimum absolute atomic E-state index is 0.390. The number of hydrogen-bond donors (Lipinski definition) is 2. The molecule has 0 saturated carbocycles. The third-order valence-corrected chi connectivity index (χ3v) is 4.11. The standard InChI is InChI=1S/C17H28N4O2/c1-13-5-4-9-21(12-13)10-8-19-17(18)20-15-11-14(22-2)6-7-16(15)23-3/h6-7,11,13H,4-5,8-10,12H2,1-3H3,(H3,18,19,20). The van der Waals surface area contributed by atoms with Crippen molar-refractivity contribution < 1.29 is 9.47 Å². The van der Waals surface area contributed by atoms with Gasteiger partial charge in [-0.15, -0.1) is 0 Å². The molecule has 2 rings (SSSR count). The highest BCUT2D eigenvalue weighted by atomic mass is 16.5. The van der Waals surface area contributed by atoms with E-state index in [1.54, 1.807) is 14.2 Å². The van der Waals surface area contributed by atoms with Crippen molar-refractivity contribution in [3.05, 3.63) is 18.2 Å². The van der Waals surface area contributed by atoms with Gasteiger partial charge in [0.05, 0.1) is 26.5 Å². The zero-order valence-electron chi connectivity index (χ0n) is 14.3. The number of piperidine rings is 1. The molecule has 0 radical (unpaired) electrons. The van der Waals surface area contributed by atoms with Crippen LogP contribution in [0.3, 0.4) is 0 Å². The molecule has 0 aliphatic carbocycles. The highest BCUT2D eigenvalue weighted by Crippen LogP contribution is 2.28. The molecule has 1 unspecified atom stereocenters. The van der Waals surface area contributed by atoms with E-state index in [0.717, 1.165) is 37.0 Å². The van der Waals surface area contributed by atoms with Gasteiger partial charge in [-0.1, -0.05) is 6.92 Å². The molecule has 1 aliphatic heterocycles. The fraction of sp³-hybridized carbons (Fsp3) is 0.588. The maximum atomic E-state index is 5.99. The first-order valence-corrected chi connectivity index (χ1v) is 8.13. The van der Waals surface area contributed by atoms with Gasteiger partial charge in [0.25, 0.3) is 0 Å². The average Bonchev–Trinajstić information content (AvgIpc) is 2.55. The van der Waals surface area contributed by atoms with E-state index in [2.05, 4.69) is 22.1 Å². The normalized spacial score (nSPS) is 19.4. The molecule has 1 aromatic rings. The quantitative estimate of drug-likeness (QED) is 0.621. The SMILES string of the molecule is COc1ccc(OC)c(NC(N)=NCCN2CCCC(C)C2)c1. The van der Waals surface area contributed by atoms with Gasteiger partial charge >= 0.3 is 0 Å². The van der Waals surface area contributed by atoms with Crippen molar-refractivity contribution in [3.63, 3.8) is 0 Å². The molecule has 1 heterocycles. The van der Waals surface area contributed by atoms with Crippen molar-refractivity contribution in [2.45, 2.75) is 19.8 Å². The molecule has 0 aromatic heterocycles. The van der Waals surface area contributed by atoms with Crippen LogP contribution in [0.25, 0.3) is 0 Å². The molecule has 23 heavy (non-hydrogen) atoms. The topological polar surface area (TPSA) is 72.1 Å². The lowest BCUT2D eigenvalue weighted by Gasteiger charge is -2.30. The van der Waals surface area contributed by atoms with Crippen molar-refractivity contribution in [2.24, 2.45) is 16.6 Å². The fourth-order valence-corrected chi connectivity index (χ4v) is 2.89. The number of guanidine groups is 1. The van der Waals surface area contributed by atoms with Crippen LogP contribution in [0.15, 0.2) is 23.2 Å². The first-order valence-electron chi connectivity index (χ1n) is 8.13. The summed E-state index contributed by atoms with van der Waals surface area (Å²) in [6, 6.07) is 5.52. The van der Waals surface area contributed by atoms with E-state index < -0.39 is 0 Å². The van der Waals surface area contributed by atoms with Crippen LogP contribution in [0.4, 0.5) is 5.69 Å². The summed E-state index contributed by atoms with van der Waals surface area (Å²) in [5.41, 5.74) is 6.74. The molecule has 0 amide bonds. The molecule has 6 heteroatoms. The molecule has 6 nitrogen and oxygen atoms in total. The van der Waals surface area contributed by atoms with E-state index in [9.17, 15) is 0 Å². The Morgan fingerprint density at radius 2 is 2.22 bits per heavy atom. The first kappa shape index (κ1) is 17.4. The van der Waals surface area contributed by atoms with Crippen LogP contribution in [-0.4, -0.2) is 51.3 Å². The van der Waals surface area contributed by atoms with Gasteiger partial charge in [0.1, 0.15) is 11.5 Å². The zero-order valence-corrected chi connectivity index (χ0v) is 14.3. The van der Waals surface area contributed by atoms with Gasteiger partial charge in [-0.2, -0.15) is 0 Å². The minimum Gasteiger partial charge on any atom is -0.497 e. The molecule has 128 valence electrons. The molecule has 1 saturated heterocycles. The second-order valence-corrected chi connectivity index (χ2v) is 6.01. The number of benzene rings is 1. The lowest BCUT2D eigenvalue weighted by molar-refractivity contribution is 0.189. The molecule has 0 bridgehead atoms. The molecular formula is C17H28N4O2. The number of nitrogens with one attached hydrogen (secondary N) is 1. The van der Waals surface area contributed by atoms with E-state index >= 15 is 0 Å². The average molecular weight is 320 g/mol. The Morgan fingerprint density at radius 3 is 2.91 bits per heavy atom. The van der Waals surface area contributed by atoms with Gasteiger partial charge in [-0.3, -0.25) is 4.99 Å². The number of anilines is 1. The van der Waals surface area contributed by atoms with Gasteiger partial charge in [-0.05, 0) is 37.4 Å². The maximum Gasteiger partial charge on any atom is 0.193 e. The summed E-state index contributed by atoms with van der Waals surface area (Å²) in [6.07, 6.45) is 2.61. The zero-order chi connectivity index (χ0) is 16.7. The summed E-state index contributed by atoms with van der Waals surface area (Å²) in [7, 11) is 3.25. The summed E-state index contributed by atoms with van der Waals surface area (Å²) in [5.74, 6) is 2.61. The summed E-state index contributed by atoms with van der Waals surface area (Å²) in [5, 5.41) is 3.09. The Hall–Kier alpha value is -1.95. The Labute approximate surface area is 138 Å². The molecular weight excluding hydrogens is 292 g/mol. The van der Waals surface area contributed by atoms with Crippen LogP contribution < -0.4 is 20.5 Å². The van der Waals surface area contributed by atoms with Crippen LogP contribution in [0.5, 0.6) is 11.5 Å². The van der Waals surface area contributed by atoms with Crippen molar-refractivity contribution >= 4 is 11.6 Å². The summed E-state index contributed by atoms with van der Waals surface area (Å²) in [6.45, 7) is 6.27. The monoisotopic (exact) mass is 320 g/mol. The predicted molar refractivity (Wildman–Crippen MR) is 94.5 cm³/mol. The van der Waals surface area contributed by atoms with Crippen molar-refractivity contribution in [2.75, 3.05) is 45.7 Å². The highest BCUT2D eigenvalue weighted by Gasteiger charge is 2.15. The number of ether oxygens (including phenoxy) is 2. The molecule has 3 N–H and O–H groups in total. The number of nitrogens with zero attached hydrogens (tertiary/aromatic N) is 2. The molecule has 1 fully saturated rings. The number of methoxy groups -OCH3 is 2. The van der Waals surface area contributed by atoms with Gasteiger partial charge in [0.15, 0.2) is 5.96 Å². The second-order valence-electron chi connectivity index (χ2n) is 6.01. The van der Waals surface area contributed by atoms with E-state index in [4.69, 9.17) is 15.2 Å². The Bertz CT molecular complexity index is 533. The number of nitrogens with two attached hydrogens (primary N) is 1.